The van der Waals surface area contributed by atoms with Crippen molar-refractivity contribution >= 4 is 33.2 Å². The Hall–Kier alpha value is -3.03. The standard InChI is InChI=1S/C24H23ClN2O4S/c25-21-15-19(32(29,30)27-18-9-2-1-3-10-18)13-14-23(21)31-16-24(28)26-22-12-6-8-17-7-4-5-11-20(17)22/h1-5,7,9-11,13-15,22,27H,6,8,12,16H2,(H,26,28)/t22-/m0/s1. The number of amides is 1. The van der Waals surface area contributed by atoms with Crippen molar-refractivity contribution in [1.82, 2.24) is 5.32 Å². The van der Waals surface area contributed by atoms with Gasteiger partial charge in [0.1, 0.15) is 5.75 Å². The predicted octanol–water partition coefficient (Wildman–Crippen LogP) is 4.71. The Bertz CT molecular complexity index is 1220. The third kappa shape index (κ3) is 5.23. The topological polar surface area (TPSA) is 84.5 Å². The maximum absolute atomic E-state index is 12.6. The zero-order chi connectivity index (χ0) is 22.6. The molecule has 0 saturated carbocycles. The molecule has 6 nitrogen and oxygen atoms in total. The summed E-state index contributed by atoms with van der Waals surface area (Å²) in [5.74, 6) is -0.0188. The van der Waals surface area contributed by atoms with E-state index in [1.807, 2.05) is 18.2 Å². The summed E-state index contributed by atoms with van der Waals surface area (Å²) in [5.41, 5.74) is 2.85. The van der Waals surface area contributed by atoms with Crippen LogP contribution < -0.4 is 14.8 Å². The van der Waals surface area contributed by atoms with Crippen LogP contribution in [0.2, 0.25) is 5.02 Å². The lowest BCUT2D eigenvalue weighted by atomic mass is 9.88. The molecule has 0 fully saturated rings. The van der Waals surface area contributed by atoms with Crippen molar-refractivity contribution in [2.45, 2.75) is 30.2 Å². The summed E-state index contributed by atoms with van der Waals surface area (Å²) in [7, 11) is -3.80. The molecule has 1 aliphatic rings. The lowest BCUT2D eigenvalue weighted by molar-refractivity contribution is -0.123. The lowest BCUT2D eigenvalue weighted by Gasteiger charge is -2.26. The zero-order valence-electron chi connectivity index (χ0n) is 17.3. The average Bonchev–Trinajstić information content (AvgIpc) is 2.79. The van der Waals surface area contributed by atoms with Crippen molar-refractivity contribution in [3.63, 3.8) is 0 Å². The molecule has 0 unspecified atom stereocenters. The van der Waals surface area contributed by atoms with E-state index in [9.17, 15) is 13.2 Å². The van der Waals surface area contributed by atoms with Crippen LogP contribution in [-0.4, -0.2) is 20.9 Å². The summed E-state index contributed by atoms with van der Waals surface area (Å²) in [6.07, 6.45) is 2.91. The average molecular weight is 471 g/mol. The molecule has 1 atom stereocenters. The van der Waals surface area contributed by atoms with E-state index in [2.05, 4.69) is 16.1 Å². The fourth-order valence-corrected chi connectivity index (χ4v) is 5.15. The number of fused-ring (bicyclic) bond motifs is 1. The van der Waals surface area contributed by atoms with E-state index < -0.39 is 10.0 Å². The number of hydrogen-bond donors (Lipinski definition) is 2. The minimum Gasteiger partial charge on any atom is -0.482 e. The van der Waals surface area contributed by atoms with Crippen LogP contribution in [-0.2, 0) is 21.2 Å². The molecule has 0 spiro atoms. The summed E-state index contributed by atoms with van der Waals surface area (Å²) in [6, 6.07) is 20.8. The molecule has 0 radical (unpaired) electrons. The molecule has 0 aliphatic heterocycles. The van der Waals surface area contributed by atoms with Crippen molar-refractivity contribution in [3.8, 4) is 5.75 Å². The normalized spacial score (nSPS) is 15.5. The summed E-state index contributed by atoms with van der Waals surface area (Å²) in [4.78, 5) is 12.5. The summed E-state index contributed by atoms with van der Waals surface area (Å²) < 4.78 is 33.2. The number of carbonyl (C=O) groups is 1. The Morgan fingerprint density at radius 2 is 1.78 bits per heavy atom. The molecule has 0 heterocycles. The van der Waals surface area contributed by atoms with E-state index in [-0.39, 0.29) is 34.2 Å². The predicted molar refractivity (Wildman–Crippen MR) is 124 cm³/mol. The molecule has 0 saturated heterocycles. The quantitative estimate of drug-likeness (QED) is 0.523. The van der Waals surface area contributed by atoms with Gasteiger partial charge in [0.2, 0.25) is 0 Å². The van der Waals surface area contributed by atoms with Crippen molar-refractivity contribution in [2.24, 2.45) is 0 Å². The number of rotatable bonds is 7. The van der Waals surface area contributed by atoms with Gasteiger partial charge in [-0.15, -0.1) is 0 Å². The number of halogens is 1. The number of ether oxygens (including phenoxy) is 1. The second kappa shape index (κ2) is 9.63. The van der Waals surface area contributed by atoms with Gasteiger partial charge in [0.15, 0.2) is 6.61 Å². The third-order valence-electron chi connectivity index (χ3n) is 5.30. The van der Waals surface area contributed by atoms with Gasteiger partial charge in [0, 0.05) is 5.69 Å². The number of nitrogens with one attached hydrogen (secondary N) is 2. The molecular formula is C24H23ClN2O4S. The van der Waals surface area contributed by atoms with Gasteiger partial charge in [-0.2, -0.15) is 0 Å². The highest BCUT2D eigenvalue weighted by molar-refractivity contribution is 7.92. The molecule has 166 valence electrons. The fourth-order valence-electron chi connectivity index (χ4n) is 3.77. The van der Waals surface area contributed by atoms with Gasteiger partial charge >= 0.3 is 0 Å². The number of aryl methyl sites for hydroxylation is 1. The molecule has 1 aliphatic carbocycles. The highest BCUT2D eigenvalue weighted by Crippen LogP contribution is 2.30. The van der Waals surface area contributed by atoms with Crippen molar-refractivity contribution in [3.05, 3.63) is 88.9 Å². The first-order chi connectivity index (χ1) is 15.4. The Labute approximate surface area is 192 Å². The van der Waals surface area contributed by atoms with E-state index in [1.54, 1.807) is 30.3 Å². The fraction of sp³-hybridized carbons (Fsp3) is 0.208. The smallest absolute Gasteiger partial charge is 0.261 e. The third-order valence-corrected chi connectivity index (χ3v) is 6.98. The van der Waals surface area contributed by atoms with Gasteiger partial charge in [-0.1, -0.05) is 54.1 Å². The Kier molecular flexibility index (Phi) is 6.67. The molecule has 1 amide bonds. The van der Waals surface area contributed by atoms with Crippen LogP contribution in [0.5, 0.6) is 5.75 Å². The Morgan fingerprint density at radius 3 is 2.56 bits per heavy atom. The number of sulfonamides is 1. The van der Waals surface area contributed by atoms with Gasteiger partial charge in [-0.05, 0) is 60.7 Å². The molecular weight excluding hydrogens is 448 g/mol. The first kappa shape index (κ1) is 22.2. The second-order valence-corrected chi connectivity index (χ2v) is 9.65. The van der Waals surface area contributed by atoms with Crippen LogP contribution in [0.3, 0.4) is 0 Å². The highest BCUT2D eigenvalue weighted by Gasteiger charge is 2.22. The number of carbonyl (C=O) groups excluding carboxylic acids is 1. The van der Waals surface area contributed by atoms with E-state index in [4.69, 9.17) is 16.3 Å². The molecule has 0 bridgehead atoms. The van der Waals surface area contributed by atoms with Crippen LogP contribution in [0.1, 0.15) is 30.0 Å². The monoisotopic (exact) mass is 470 g/mol. The Morgan fingerprint density at radius 1 is 1.03 bits per heavy atom. The first-order valence-corrected chi connectivity index (χ1v) is 12.2. The zero-order valence-corrected chi connectivity index (χ0v) is 18.8. The van der Waals surface area contributed by atoms with E-state index in [0.29, 0.717) is 5.69 Å². The lowest BCUT2D eigenvalue weighted by Crippen LogP contribution is -2.34. The molecule has 3 aromatic rings. The second-order valence-electron chi connectivity index (χ2n) is 7.56. The molecule has 4 rings (SSSR count). The molecule has 32 heavy (non-hydrogen) atoms. The van der Waals surface area contributed by atoms with Crippen LogP contribution in [0.25, 0.3) is 0 Å². The van der Waals surface area contributed by atoms with Crippen molar-refractivity contribution in [2.75, 3.05) is 11.3 Å². The van der Waals surface area contributed by atoms with Crippen LogP contribution in [0.15, 0.2) is 77.7 Å². The molecule has 3 aromatic carbocycles. The maximum Gasteiger partial charge on any atom is 0.261 e. The minimum absolute atomic E-state index is 0.00182. The Balaban J connectivity index is 1.38. The van der Waals surface area contributed by atoms with Crippen LogP contribution >= 0.6 is 11.6 Å². The highest BCUT2D eigenvalue weighted by atomic mass is 35.5. The SMILES string of the molecule is O=C(COc1ccc(S(=O)(=O)Nc2ccccc2)cc1Cl)N[C@H]1CCCc2ccccc21. The largest absolute Gasteiger partial charge is 0.482 e. The number of benzene rings is 3. The van der Waals surface area contributed by atoms with E-state index in [1.165, 1.54) is 23.8 Å². The number of anilines is 1. The van der Waals surface area contributed by atoms with E-state index >= 15 is 0 Å². The van der Waals surface area contributed by atoms with E-state index in [0.717, 1.165) is 24.8 Å². The van der Waals surface area contributed by atoms with Gasteiger partial charge in [-0.25, -0.2) is 8.42 Å². The molecule has 8 heteroatoms. The maximum atomic E-state index is 12.6. The number of hydrogen-bond acceptors (Lipinski definition) is 4. The number of para-hydroxylation sites is 1. The molecule has 0 aromatic heterocycles. The van der Waals surface area contributed by atoms with Gasteiger partial charge < -0.3 is 10.1 Å². The van der Waals surface area contributed by atoms with Gasteiger partial charge in [-0.3, -0.25) is 9.52 Å². The first-order valence-electron chi connectivity index (χ1n) is 10.3. The van der Waals surface area contributed by atoms with Gasteiger partial charge in [0.25, 0.3) is 15.9 Å². The summed E-state index contributed by atoms with van der Waals surface area (Å²) in [6.45, 7) is -0.216. The van der Waals surface area contributed by atoms with Crippen molar-refractivity contribution < 1.29 is 17.9 Å². The minimum atomic E-state index is -3.80. The summed E-state index contributed by atoms with van der Waals surface area (Å²) >= 11 is 6.23. The summed E-state index contributed by atoms with van der Waals surface area (Å²) in [5, 5.41) is 3.12. The molecule has 2 N–H and O–H groups in total. The van der Waals surface area contributed by atoms with Crippen molar-refractivity contribution in [1.29, 1.82) is 0 Å². The van der Waals surface area contributed by atoms with Crippen LogP contribution in [0, 0.1) is 0 Å². The van der Waals surface area contributed by atoms with Gasteiger partial charge in [0.05, 0.1) is 16.0 Å². The van der Waals surface area contributed by atoms with Crippen LogP contribution in [0.4, 0.5) is 5.69 Å².